The van der Waals surface area contributed by atoms with Gasteiger partial charge in [0.05, 0.1) is 18.9 Å². The fraction of sp³-hybridized carbons (Fsp3) is 0.688. The van der Waals surface area contributed by atoms with Crippen molar-refractivity contribution in [2.45, 2.75) is 39.2 Å². The van der Waals surface area contributed by atoms with Crippen molar-refractivity contribution >= 4 is 0 Å². The second-order valence-electron chi connectivity index (χ2n) is 6.52. The molecule has 1 atom stereocenters. The van der Waals surface area contributed by atoms with E-state index in [2.05, 4.69) is 37.1 Å². The van der Waals surface area contributed by atoms with Crippen molar-refractivity contribution in [3.05, 3.63) is 23.4 Å². The van der Waals surface area contributed by atoms with Gasteiger partial charge in [0.1, 0.15) is 0 Å². The van der Waals surface area contributed by atoms with Crippen molar-refractivity contribution < 1.29 is 9.47 Å². The molecule has 1 saturated heterocycles. The molecule has 1 fully saturated rings. The molecule has 2 heterocycles. The van der Waals surface area contributed by atoms with E-state index in [4.69, 9.17) is 9.47 Å². The van der Waals surface area contributed by atoms with E-state index < -0.39 is 0 Å². The molecule has 1 aliphatic heterocycles. The average molecular weight is 278 g/mol. The normalized spacial score (nSPS) is 19.3. The number of aromatic nitrogens is 1. The summed E-state index contributed by atoms with van der Waals surface area (Å²) >= 11 is 0. The van der Waals surface area contributed by atoms with Crippen LogP contribution in [-0.4, -0.2) is 31.9 Å². The van der Waals surface area contributed by atoms with E-state index in [1.165, 1.54) is 5.56 Å². The van der Waals surface area contributed by atoms with Crippen LogP contribution >= 0.6 is 0 Å². The molecule has 2 rings (SSSR count). The third-order valence-corrected chi connectivity index (χ3v) is 3.50. The van der Waals surface area contributed by atoms with E-state index in [0.717, 1.165) is 37.8 Å². The molecule has 1 N–H and O–H groups in total. The van der Waals surface area contributed by atoms with Crippen LogP contribution in [0.25, 0.3) is 0 Å². The van der Waals surface area contributed by atoms with E-state index >= 15 is 0 Å². The second-order valence-corrected chi connectivity index (χ2v) is 6.52. The lowest BCUT2D eigenvalue weighted by Gasteiger charge is -2.20. The van der Waals surface area contributed by atoms with Gasteiger partial charge < -0.3 is 14.8 Å². The third-order valence-electron chi connectivity index (χ3n) is 3.50. The van der Waals surface area contributed by atoms with Crippen molar-refractivity contribution in [3.63, 3.8) is 0 Å². The Kier molecular flexibility index (Phi) is 5.00. The van der Waals surface area contributed by atoms with Crippen molar-refractivity contribution in [2.75, 3.05) is 26.9 Å². The maximum atomic E-state index is 5.89. The predicted octanol–water partition coefficient (Wildman–Crippen LogP) is 2.51. The minimum absolute atomic E-state index is 0.0261. The van der Waals surface area contributed by atoms with Crippen LogP contribution in [0.1, 0.15) is 38.4 Å². The Balaban J connectivity index is 2.11. The van der Waals surface area contributed by atoms with Crippen LogP contribution < -0.4 is 10.1 Å². The van der Waals surface area contributed by atoms with Crippen molar-refractivity contribution in [2.24, 2.45) is 5.92 Å². The zero-order valence-corrected chi connectivity index (χ0v) is 13.0. The van der Waals surface area contributed by atoms with E-state index in [-0.39, 0.29) is 5.41 Å². The maximum Gasteiger partial charge on any atom is 0.213 e. The molecule has 1 aliphatic rings. The zero-order valence-electron chi connectivity index (χ0n) is 13.0. The number of nitrogens with one attached hydrogen (secondary N) is 1. The molecule has 4 nitrogen and oxygen atoms in total. The highest BCUT2D eigenvalue weighted by Crippen LogP contribution is 2.25. The molecular formula is C16H26N2O2. The summed E-state index contributed by atoms with van der Waals surface area (Å²) in [5, 5.41) is 3.18. The summed E-state index contributed by atoms with van der Waals surface area (Å²) in [5.41, 5.74) is 2.31. The van der Waals surface area contributed by atoms with Gasteiger partial charge in [-0.1, -0.05) is 20.8 Å². The van der Waals surface area contributed by atoms with Crippen LogP contribution in [-0.2, 0) is 16.7 Å². The van der Waals surface area contributed by atoms with E-state index in [9.17, 15) is 0 Å². The van der Waals surface area contributed by atoms with Crippen LogP contribution in [0.5, 0.6) is 5.88 Å². The van der Waals surface area contributed by atoms with Crippen molar-refractivity contribution in [1.82, 2.24) is 10.3 Å². The average Bonchev–Trinajstić information content (AvgIpc) is 2.88. The summed E-state index contributed by atoms with van der Waals surface area (Å²) in [6.45, 7) is 9.71. The smallest absolute Gasteiger partial charge is 0.213 e. The van der Waals surface area contributed by atoms with Crippen LogP contribution in [0.4, 0.5) is 0 Å². The van der Waals surface area contributed by atoms with Gasteiger partial charge in [-0.25, -0.2) is 4.98 Å². The molecule has 0 aliphatic carbocycles. The standard InChI is InChI=1S/C16H26N2O2/c1-16(2,3)14-7-13(9-17-4)8-15(18-14)20-11-12-5-6-19-10-12/h7-8,12,17H,5-6,9-11H2,1-4H3. The molecule has 0 radical (unpaired) electrons. The molecule has 112 valence electrons. The summed E-state index contributed by atoms with van der Waals surface area (Å²) in [5.74, 6) is 1.23. The fourth-order valence-electron chi connectivity index (χ4n) is 2.24. The zero-order chi connectivity index (χ0) is 14.6. The Labute approximate surface area is 121 Å². The molecule has 0 amide bonds. The highest BCUT2D eigenvalue weighted by atomic mass is 16.5. The van der Waals surface area contributed by atoms with Gasteiger partial charge in [0, 0.05) is 30.6 Å². The SMILES string of the molecule is CNCc1cc(OCC2CCOC2)nc(C(C)(C)C)c1. The number of ether oxygens (including phenoxy) is 2. The van der Waals surface area contributed by atoms with Gasteiger partial charge in [0.25, 0.3) is 0 Å². The first-order chi connectivity index (χ1) is 9.49. The molecule has 0 bridgehead atoms. The quantitative estimate of drug-likeness (QED) is 0.899. The van der Waals surface area contributed by atoms with Gasteiger partial charge in [-0.05, 0) is 25.1 Å². The van der Waals surface area contributed by atoms with Crippen LogP contribution in [0, 0.1) is 5.92 Å². The number of hydrogen-bond donors (Lipinski definition) is 1. The Hall–Kier alpha value is -1.13. The molecule has 4 heteroatoms. The largest absolute Gasteiger partial charge is 0.477 e. The van der Waals surface area contributed by atoms with Crippen molar-refractivity contribution in [3.8, 4) is 5.88 Å². The summed E-state index contributed by atoms with van der Waals surface area (Å²) in [6.07, 6.45) is 1.09. The Morgan fingerprint density at radius 3 is 2.80 bits per heavy atom. The number of nitrogens with zero attached hydrogens (tertiary/aromatic N) is 1. The predicted molar refractivity (Wildman–Crippen MR) is 80.1 cm³/mol. The van der Waals surface area contributed by atoms with Crippen LogP contribution in [0.3, 0.4) is 0 Å². The van der Waals surface area contributed by atoms with Gasteiger partial charge in [0.2, 0.25) is 5.88 Å². The third kappa shape index (κ3) is 4.18. The van der Waals surface area contributed by atoms with E-state index in [1.807, 2.05) is 13.1 Å². The molecule has 1 unspecified atom stereocenters. The molecule has 1 aromatic rings. The first-order valence-electron chi connectivity index (χ1n) is 7.35. The number of pyridine rings is 1. The second kappa shape index (κ2) is 6.55. The molecular weight excluding hydrogens is 252 g/mol. The highest BCUT2D eigenvalue weighted by Gasteiger charge is 2.19. The molecule has 1 aromatic heterocycles. The van der Waals surface area contributed by atoms with Crippen molar-refractivity contribution in [1.29, 1.82) is 0 Å². The Morgan fingerprint density at radius 1 is 1.40 bits per heavy atom. The topological polar surface area (TPSA) is 43.4 Å². The van der Waals surface area contributed by atoms with Gasteiger partial charge in [-0.15, -0.1) is 0 Å². The molecule has 0 aromatic carbocycles. The summed E-state index contributed by atoms with van der Waals surface area (Å²) in [6, 6.07) is 4.18. The Bertz CT molecular complexity index is 435. The monoisotopic (exact) mass is 278 g/mol. The first kappa shape index (κ1) is 15.3. The lowest BCUT2D eigenvalue weighted by molar-refractivity contribution is 0.165. The maximum absolute atomic E-state index is 5.89. The number of hydrogen-bond acceptors (Lipinski definition) is 4. The summed E-state index contributed by atoms with van der Waals surface area (Å²) in [7, 11) is 1.95. The summed E-state index contributed by atoms with van der Waals surface area (Å²) < 4.78 is 11.3. The van der Waals surface area contributed by atoms with Gasteiger partial charge in [-0.3, -0.25) is 0 Å². The highest BCUT2D eigenvalue weighted by molar-refractivity contribution is 5.28. The minimum atomic E-state index is 0.0261. The van der Waals surface area contributed by atoms with Gasteiger partial charge in [-0.2, -0.15) is 0 Å². The van der Waals surface area contributed by atoms with Crippen LogP contribution in [0.2, 0.25) is 0 Å². The number of rotatable bonds is 5. The van der Waals surface area contributed by atoms with Gasteiger partial charge in [0.15, 0.2) is 0 Å². The van der Waals surface area contributed by atoms with E-state index in [0.29, 0.717) is 12.5 Å². The first-order valence-corrected chi connectivity index (χ1v) is 7.35. The minimum Gasteiger partial charge on any atom is -0.477 e. The lowest BCUT2D eigenvalue weighted by Crippen LogP contribution is -2.18. The lowest BCUT2D eigenvalue weighted by atomic mass is 9.91. The fourth-order valence-corrected chi connectivity index (χ4v) is 2.24. The molecule has 0 saturated carbocycles. The van der Waals surface area contributed by atoms with E-state index in [1.54, 1.807) is 0 Å². The Morgan fingerprint density at radius 2 is 2.20 bits per heavy atom. The van der Waals surface area contributed by atoms with Gasteiger partial charge >= 0.3 is 0 Å². The summed E-state index contributed by atoms with van der Waals surface area (Å²) in [4.78, 5) is 4.66. The molecule has 0 spiro atoms. The molecule has 20 heavy (non-hydrogen) atoms. The van der Waals surface area contributed by atoms with Crippen LogP contribution in [0.15, 0.2) is 12.1 Å².